The summed E-state index contributed by atoms with van der Waals surface area (Å²) in [6.45, 7) is 2.10. The minimum Gasteiger partial charge on any atom is -0.354 e. The van der Waals surface area contributed by atoms with E-state index in [-0.39, 0.29) is 30.7 Å². The molecular weight excluding hydrogens is 466 g/mol. The fourth-order valence-corrected chi connectivity index (χ4v) is 3.45. The van der Waals surface area contributed by atoms with Crippen LogP contribution in [0.4, 0.5) is 5.69 Å². The molecule has 0 aromatic heterocycles. The number of aryl methyl sites for hydroxylation is 1. The molecule has 6 nitrogen and oxygen atoms in total. The van der Waals surface area contributed by atoms with Crippen LogP contribution in [0, 0.1) is 6.92 Å². The number of nitrogens with one attached hydrogen (secondary N) is 3. The summed E-state index contributed by atoms with van der Waals surface area (Å²) in [6.07, 6.45) is 2.60. The number of carbonyl (C=O) groups excluding carboxylic acids is 3. The van der Waals surface area contributed by atoms with E-state index in [1.807, 2.05) is 37.4 Å². The second-order valence-electron chi connectivity index (χ2n) is 6.77. The lowest BCUT2D eigenvalue weighted by Crippen LogP contribution is -2.47. The number of rotatable bonds is 10. The number of benzene rings is 2. The SMILES string of the molecule is CSCCC(NC(=O)c1cccc(C)c1)C(=O)NCCC(=O)Nc1ccc(Br)cc1. The van der Waals surface area contributed by atoms with Gasteiger partial charge in [-0.25, -0.2) is 0 Å². The summed E-state index contributed by atoms with van der Waals surface area (Å²) in [6, 6.07) is 13.8. The topological polar surface area (TPSA) is 87.3 Å². The zero-order valence-electron chi connectivity index (χ0n) is 17.0. The van der Waals surface area contributed by atoms with E-state index in [4.69, 9.17) is 0 Å². The predicted molar refractivity (Wildman–Crippen MR) is 126 cm³/mol. The molecule has 2 aromatic carbocycles. The standard InChI is InChI=1S/C22H26BrN3O3S/c1-15-4-3-5-16(14-15)21(28)26-19(11-13-30-2)22(29)24-12-10-20(27)25-18-8-6-17(23)7-9-18/h3-9,14,19H,10-13H2,1-2H3,(H,24,29)(H,25,27)(H,26,28). The molecule has 0 radical (unpaired) electrons. The first-order valence-corrected chi connectivity index (χ1v) is 11.8. The Morgan fingerprint density at radius 2 is 1.83 bits per heavy atom. The molecule has 2 rings (SSSR count). The van der Waals surface area contributed by atoms with Gasteiger partial charge in [-0.15, -0.1) is 0 Å². The zero-order chi connectivity index (χ0) is 21.9. The summed E-state index contributed by atoms with van der Waals surface area (Å²) in [5, 5.41) is 8.34. The van der Waals surface area contributed by atoms with Gasteiger partial charge in [0.1, 0.15) is 6.04 Å². The molecule has 0 aliphatic heterocycles. The van der Waals surface area contributed by atoms with Gasteiger partial charge in [-0.05, 0) is 61.8 Å². The van der Waals surface area contributed by atoms with E-state index >= 15 is 0 Å². The molecule has 1 unspecified atom stereocenters. The fourth-order valence-electron chi connectivity index (χ4n) is 2.71. The van der Waals surface area contributed by atoms with Gasteiger partial charge in [0, 0.05) is 28.7 Å². The maximum atomic E-state index is 12.6. The second kappa shape index (κ2) is 12.4. The summed E-state index contributed by atoms with van der Waals surface area (Å²) in [7, 11) is 0. The van der Waals surface area contributed by atoms with Gasteiger partial charge in [0.2, 0.25) is 11.8 Å². The molecule has 8 heteroatoms. The first-order valence-electron chi connectivity index (χ1n) is 9.58. The number of amides is 3. The average Bonchev–Trinajstić information content (AvgIpc) is 2.72. The Bertz CT molecular complexity index is 874. The Kier molecular flexibility index (Phi) is 9.89. The van der Waals surface area contributed by atoms with Crippen molar-refractivity contribution in [3.63, 3.8) is 0 Å². The Labute approximate surface area is 189 Å². The first kappa shape index (κ1) is 24.0. The highest BCUT2D eigenvalue weighted by Gasteiger charge is 2.21. The molecule has 3 amide bonds. The minimum atomic E-state index is -0.653. The molecule has 3 N–H and O–H groups in total. The number of carbonyl (C=O) groups is 3. The summed E-state index contributed by atoms with van der Waals surface area (Å²) < 4.78 is 0.928. The van der Waals surface area contributed by atoms with Gasteiger partial charge in [-0.3, -0.25) is 14.4 Å². The fraction of sp³-hybridized carbons (Fsp3) is 0.318. The number of hydrogen-bond acceptors (Lipinski definition) is 4. The highest BCUT2D eigenvalue weighted by molar-refractivity contribution is 9.10. The van der Waals surface area contributed by atoms with Crippen molar-refractivity contribution in [1.82, 2.24) is 10.6 Å². The van der Waals surface area contributed by atoms with Crippen molar-refractivity contribution in [2.45, 2.75) is 25.8 Å². The zero-order valence-corrected chi connectivity index (χ0v) is 19.4. The molecule has 0 heterocycles. The lowest BCUT2D eigenvalue weighted by molar-refractivity contribution is -0.123. The van der Waals surface area contributed by atoms with Gasteiger partial charge in [-0.1, -0.05) is 33.6 Å². The average molecular weight is 492 g/mol. The van der Waals surface area contributed by atoms with Crippen LogP contribution in [-0.4, -0.2) is 42.3 Å². The lowest BCUT2D eigenvalue weighted by Gasteiger charge is -2.18. The number of halogens is 1. The van der Waals surface area contributed by atoms with Crippen LogP contribution >= 0.6 is 27.7 Å². The van der Waals surface area contributed by atoms with Gasteiger partial charge in [0.15, 0.2) is 0 Å². The van der Waals surface area contributed by atoms with Crippen LogP contribution in [0.5, 0.6) is 0 Å². The van der Waals surface area contributed by atoms with Crippen LogP contribution in [0.1, 0.15) is 28.8 Å². The summed E-state index contributed by atoms with van der Waals surface area (Å²) >= 11 is 4.95. The van der Waals surface area contributed by atoms with Crippen molar-refractivity contribution in [2.24, 2.45) is 0 Å². The molecule has 0 aliphatic rings. The summed E-state index contributed by atoms with van der Waals surface area (Å²) in [5.41, 5.74) is 2.19. The van der Waals surface area contributed by atoms with E-state index in [0.29, 0.717) is 17.7 Å². The van der Waals surface area contributed by atoms with E-state index < -0.39 is 6.04 Å². The number of hydrogen-bond donors (Lipinski definition) is 3. The Morgan fingerprint density at radius 1 is 1.10 bits per heavy atom. The van der Waals surface area contributed by atoms with Crippen LogP contribution in [0.25, 0.3) is 0 Å². The van der Waals surface area contributed by atoms with Crippen LogP contribution < -0.4 is 16.0 Å². The number of thioether (sulfide) groups is 1. The normalized spacial score (nSPS) is 11.4. The molecule has 0 bridgehead atoms. The van der Waals surface area contributed by atoms with Crippen LogP contribution in [0.15, 0.2) is 53.0 Å². The number of anilines is 1. The third kappa shape index (κ3) is 8.20. The van der Waals surface area contributed by atoms with E-state index in [2.05, 4.69) is 31.9 Å². The lowest BCUT2D eigenvalue weighted by atomic mass is 10.1. The van der Waals surface area contributed by atoms with Crippen LogP contribution in [-0.2, 0) is 9.59 Å². The van der Waals surface area contributed by atoms with Crippen molar-refractivity contribution < 1.29 is 14.4 Å². The first-order chi connectivity index (χ1) is 14.4. The molecule has 0 saturated heterocycles. The summed E-state index contributed by atoms with van der Waals surface area (Å²) in [5.74, 6) is -0.0347. The van der Waals surface area contributed by atoms with Crippen molar-refractivity contribution in [3.8, 4) is 0 Å². The largest absolute Gasteiger partial charge is 0.354 e. The smallest absolute Gasteiger partial charge is 0.251 e. The van der Waals surface area contributed by atoms with Gasteiger partial charge in [0.05, 0.1) is 0 Å². The third-order valence-corrected chi connectivity index (χ3v) is 5.46. The van der Waals surface area contributed by atoms with E-state index in [9.17, 15) is 14.4 Å². The summed E-state index contributed by atoms with van der Waals surface area (Å²) in [4.78, 5) is 37.2. The molecule has 0 fully saturated rings. The molecule has 2 aromatic rings. The molecular formula is C22H26BrN3O3S. The molecule has 0 aliphatic carbocycles. The second-order valence-corrected chi connectivity index (χ2v) is 8.67. The van der Waals surface area contributed by atoms with Gasteiger partial charge < -0.3 is 16.0 Å². The van der Waals surface area contributed by atoms with Gasteiger partial charge in [0.25, 0.3) is 5.91 Å². The minimum absolute atomic E-state index is 0.142. The van der Waals surface area contributed by atoms with Crippen molar-refractivity contribution in [3.05, 3.63) is 64.1 Å². The van der Waals surface area contributed by atoms with Crippen LogP contribution in [0.2, 0.25) is 0 Å². The van der Waals surface area contributed by atoms with E-state index in [1.165, 1.54) is 0 Å². The Hall–Kier alpha value is -2.32. The predicted octanol–water partition coefficient (Wildman–Crippen LogP) is 3.75. The highest BCUT2D eigenvalue weighted by Crippen LogP contribution is 2.14. The Morgan fingerprint density at radius 3 is 2.50 bits per heavy atom. The third-order valence-electron chi connectivity index (χ3n) is 4.29. The maximum absolute atomic E-state index is 12.6. The quantitative estimate of drug-likeness (QED) is 0.472. The van der Waals surface area contributed by atoms with Crippen molar-refractivity contribution >= 4 is 51.1 Å². The van der Waals surface area contributed by atoms with Gasteiger partial charge >= 0.3 is 0 Å². The Balaban J connectivity index is 1.85. The van der Waals surface area contributed by atoms with Crippen molar-refractivity contribution in [2.75, 3.05) is 23.9 Å². The van der Waals surface area contributed by atoms with E-state index in [0.717, 1.165) is 15.8 Å². The highest BCUT2D eigenvalue weighted by atomic mass is 79.9. The molecule has 160 valence electrons. The van der Waals surface area contributed by atoms with Gasteiger partial charge in [-0.2, -0.15) is 11.8 Å². The van der Waals surface area contributed by atoms with Crippen LogP contribution in [0.3, 0.4) is 0 Å². The monoisotopic (exact) mass is 491 g/mol. The van der Waals surface area contributed by atoms with Crippen molar-refractivity contribution in [1.29, 1.82) is 0 Å². The molecule has 0 spiro atoms. The van der Waals surface area contributed by atoms with E-state index in [1.54, 1.807) is 36.0 Å². The molecule has 0 saturated carbocycles. The molecule has 30 heavy (non-hydrogen) atoms. The maximum Gasteiger partial charge on any atom is 0.251 e. The molecule has 1 atom stereocenters.